The van der Waals surface area contributed by atoms with Crippen molar-refractivity contribution in [2.45, 2.75) is 33.2 Å². The highest BCUT2D eigenvalue weighted by molar-refractivity contribution is 5.61. The average molecular weight is 240 g/mol. The smallest absolute Gasteiger partial charge is 0.372 e. The van der Waals surface area contributed by atoms with E-state index in [4.69, 9.17) is 4.74 Å². The summed E-state index contributed by atoms with van der Waals surface area (Å²) in [6.45, 7) is 5.97. The van der Waals surface area contributed by atoms with Crippen LogP contribution in [0.2, 0.25) is 0 Å². The van der Waals surface area contributed by atoms with Crippen molar-refractivity contribution in [1.29, 1.82) is 0 Å². The summed E-state index contributed by atoms with van der Waals surface area (Å²) >= 11 is 0. The largest absolute Gasteiger partial charge is 0.473 e. The maximum absolute atomic E-state index is 11.0. The van der Waals surface area contributed by atoms with Gasteiger partial charge in [0.1, 0.15) is 6.33 Å². The lowest BCUT2D eigenvalue weighted by molar-refractivity contribution is -0.385. The normalized spacial score (nSPS) is 11.9. The first-order valence-corrected chi connectivity index (χ1v) is 5.48. The van der Waals surface area contributed by atoms with Gasteiger partial charge in [-0.3, -0.25) is 10.1 Å². The quantitative estimate of drug-likeness (QED) is 0.604. The van der Waals surface area contributed by atoms with E-state index in [-0.39, 0.29) is 23.4 Å². The number of rotatable bonds is 6. The first-order valence-electron chi connectivity index (χ1n) is 5.48. The Bertz CT molecular complexity index is 397. The van der Waals surface area contributed by atoms with E-state index in [1.165, 1.54) is 6.33 Å². The third-order valence-corrected chi connectivity index (χ3v) is 2.25. The van der Waals surface area contributed by atoms with E-state index in [0.717, 1.165) is 6.42 Å². The molecule has 0 spiro atoms. The maximum atomic E-state index is 11.0. The van der Waals surface area contributed by atoms with Gasteiger partial charge >= 0.3 is 5.69 Å². The maximum Gasteiger partial charge on any atom is 0.372 e. The molecule has 0 aromatic carbocycles. The van der Waals surface area contributed by atoms with Crippen LogP contribution in [0.1, 0.15) is 27.2 Å². The molecule has 0 aliphatic rings. The molecule has 1 rings (SSSR count). The number of anilines is 1. The fourth-order valence-corrected chi connectivity index (χ4v) is 1.21. The predicted octanol–water partition coefficient (Wildman–Crippen LogP) is 1.99. The van der Waals surface area contributed by atoms with E-state index in [9.17, 15) is 10.1 Å². The van der Waals surface area contributed by atoms with E-state index in [0.29, 0.717) is 6.61 Å². The van der Waals surface area contributed by atoms with Crippen LogP contribution in [0.5, 0.6) is 5.88 Å². The molecule has 1 aromatic heterocycles. The molecule has 0 fully saturated rings. The van der Waals surface area contributed by atoms with E-state index in [2.05, 4.69) is 15.3 Å². The van der Waals surface area contributed by atoms with E-state index in [1.54, 1.807) is 6.92 Å². The molecular weight excluding hydrogens is 224 g/mol. The Morgan fingerprint density at radius 3 is 2.76 bits per heavy atom. The number of hydrogen-bond donors (Lipinski definition) is 1. The minimum atomic E-state index is -0.532. The molecule has 1 atom stereocenters. The highest BCUT2D eigenvalue weighted by Crippen LogP contribution is 2.31. The SMILES string of the molecule is CCOc1ncnc(NC(C)CC)c1[N+](=O)[O-]. The molecule has 1 heterocycles. The topological polar surface area (TPSA) is 90.2 Å². The van der Waals surface area contributed by atoms with Crippen LogP contribution in [0.15, 0.2) is 6.33 Å². The van der Waals surface area contributed by atoms with Gasteiger partial charge in [-0.2, -0.15) is 4.98 Å². The van der Waals surface area contributed by atoms with Gasteiger partial charge in [-0.05, 0) is 20.3 Å². The number of hydrogen-bond acceptors (Lipinski definition) is 6. The predicted molar refractivity (Wildman–Crippen MR) is 63.2 cm³/mol. The second-order valence-corrected chi connectivity index (χ2v) is 3.52. The molecule has 1 unspecified atom stereocenters. The van der Waals surface area contributed by atoms with Crippen LogP contribution in [0.4, 0.5) is 11.5 Å². The zero-order valence-electron chi connectivity index (χ0n) is 10.1. The Morgan fingerprint density at radius 1 is 1.53 bits per heavy atom. The Labute approximate surface area is 99.4 Å². The zero-order valence-corrected chi connectivity index (χ0v) is 10.1. The zero-order chi connectivity index (χ0) is 12.8. The lowest BCUT2D eigenvalue weighted by Crippen LogP contribution is -2.16. The summed E-state index contributed by atoms with van der Waals surface area (Å²) < 4.78 is 5.12. The number of ether oxygens (including phenoxy) is 1. The van der Waals surface area contributed by atoms with Crippen LogP contribution < -0.4 is 10.1 Å². The molecule has 0 bridgehead atoms. The molecule has 0 aliphatic heterocycles. The van der Waals surface area contributed by atoms with E-state index in [1.807, 2.05) is 13.8 Å². The van der Waals surface area contributed by atoms with Crippen molar-refractivity contribution in [1.82, 2.24) is 9.97 Å². The van der Waals surface area contributed by atoms with Gasteiger partial charge < -0.3 is 10.1 Å². The molecule has 1 N–H and O–H groups in total. The summed E-state index contributed by atoms with van der Waals surface area (Å²) in [6, 6.07) is 0.0954. The number of nitrogens with zero attached hydrogens (tertiary/aromatic N) is 3. The molecule has 0 aliphatic carbocycles. The van der Waals surface area contributed by atoms with Crippen LogP contribution in [0.25, 0.3) is 0 Å². The fraction of sp³-hybridized carbons (Fsp3) is 0.600. The van der Waals surface area contributed by atoms with Crippen molar-refractivity contribution in [2.24, 2.45) is 0 Å². The molecule has 0 radical (unpaired) electrons. The number of aromatic nitrogens is 2. The summed E-state index contributed by atoms with van der Waals surface area (Å²) in [4.78, 5) is 18.1. The Kier molecular flexibility index (Phi) is 4.62. The van der Waals surface area contributed by atoms with Crippen LogP contribution in [0.3, 0.4) is 0 Å². The lowest BCUT2D eigenvalue weighted by Gasteiger charge is -2.12. The molecule has 0 saturated heterocycles. The average Bonchev–Trinajstić information content (AvgIpc) is 2.29. The van der Waals surface area contributed by atoms with Gasteiger partial charge in [0.25, 0.3) is 5.88 Å². The third kappa shape index (κ3) is 3.27. The van der Waals surface area contributed by atoms with Gasteiger partial charge in [0.15, 0.2) is 0 Å². The van der Waals surface area contributed by atoms with Crippen molar-refractivity contribution < 1.29 is 9.66 Å². The van der Waals surface area contributed by atoms with Crippen molar-refractivity contribution in [2.75, 3.05) is 11.9 Å². The Hall–Kier alpha value is -1.92. The molecular formula is C10H16N4O3. The minimum Gasteiger partial charge on any atom is -0.473 e. The van der Waals surface area contributed by atoms with Crippen molar-refractivity contribution >= 4 is 11.5 Å². The van der Waals surface area contributed by atoms with Crippen molar-refractivity contribution in [3.63, 3.8) is 0 Å². The van der Waals surface area contributed by atoms with Gasteiger partial charge in [0.05, 0.1) is 11.5 Å². The summed E-state index contributed by atoms with van der Waals surface area (Å²) in [5, 5.41) is 14.0. The van der Waals surface area contributed by atoms with Gasteiger partial charge in [-0.1, -0.05) is 6.92 Å². The molecule has 17 heavy (non-hydrogen) atoms. The van der Waals surface area contributed by atoms with Gasteiger partial charge in [0.2, 0.25) is 5.82 Å². The second-order valence-electron chi connectivity index (χ2n) is 3.52. The molecule has 7 nitrogen and oxygen atoms in total. The van der Waals surface area contributed by atoms with Crippen LogP contribution in [-0.4, -0.2) is 27.5 Å². The van der Waals surface area contributed by atoms with Crippen molar-refractivity contribution in [3.8, 4) is 5.88 Å². The molecule has 0 amide bonds. The van der Waals surface area contributed by atoms with Gasteiger partial charge in [-0.25, -0.2) is 4.98 Å². The van der Waals surface area contributed by atoms with Crippen molar-refractivity contribution in [3.05, 3.63) is 16.4 Å². The third-order valence-electron chi connectivity index (χ3n) is 2.25. The Morgan fingerprint density at radius 2 is 2.24 bits per heavy atom. The summed E-state index contributed by atoms with van der Waals surface area (Å²) in [7, 11) is 0. The van der Waals surface area contributed by atoms with Gasteiger partial charge in [-0.15, -0.1) is 0 Å². The highest BCUT2D eigenvalue weighted by atomic mass is 16.6. The van der Waals surface area contributed by atoms with E-state index < -0.39 is 4.92 Å². The number of nitro groups is 1. The monoisotopic (exact) mass is 240 g/mol. The Balaban J connectivity index is 3.10. The second kappa shape index (κ2) is 5.97. The molecule has 1 aromatic rings. The molecule has 7 heteroatoms. The number of nitrogens with one attached hydrogen (secondary N) is 1. The van der Waals surface area contributed by atoms with Gasteiger partial charge in [0, 0.05) is 6.04 Å². The highest BCUT2D eigenvalue weighted by Gasteiger charge is 2.24. The summed E-state index contributed by atoms with van der Waals surface area (Å²) in [6.07, 6.45) is 2.09. The minimum absolute atomic E-state index is 0.00157. The molecule has 0 saturated carbocycles. The van der Waals surface area contributed by atoms with E-state index >= 15 is 0 Å². The first-order chi connectivity index (χ1) is 8.10. The lowest BCUT2D eigenvalue weighted by atomic mass is 10.2. The van der Waals surface area contributed by atoms with Crippen LogP contribution >= 0.6 is 0 Å². The summed E-state index contributed by atoms with van der Waals surface area (Å²) in [5.41, 5.74) is -0.213. The standard InChI is InChI=1S/C10H16N4O3/c1-4-7(3)13-9-8(14(15)16)10(17-5-2)12-6-11-9/h6-7H,4-5H2,1-3H3,(H,11,12,13). The fourth-order valence-electron chi connectivity index (χ4n) is 1.21. The summed E-state index contributed by atoms with van der Waals surface area (Å²) in [5.74, 6) is 0.195. The molecule has 94 valence electrons. The van der Waals surface area contributed by atoms with Crippen LogP contribution in [0, 0.1) is 10.1 Å². The first kappa shape index (κ1) is 13.1. The van der Waals surface area contributed by atoms with Crippen LogP contribution in [-0.2, 0) is 0 Å².